The van der Waals surface area contributed by atoms with Crippen LogP contribution in [0.5, 0.6) is 0 Å². The van der Waals surface area contributed by atoms with E-state index in [9.17, 15) is 9.59 Å². The van der Waals surface area contributed by atoms with Crippen molar-refractivity contribution in [1.29, 1.82) is 0 Å². The van der Waals surface area contributed by atoms with Crippen LogP contribution in [0.1, 0.15) is 10.4 Å². The van der Waals surface area contributed by atoms with Gasteiger partial charge in [0.2, 0.25) is 5.91 Å². The van der Waals surface area contributed by atoms with Crippen molar-refractivity contribution in [3.05, 3.63) is 65.2 Å². The topological polar surface area (TPSA) is 58.2 Å². The number of amides is 2. The fraction of sp³-hybridized carbons (Fsp3) is 0.0667. The molecule has 0 aromatic heterocycles. The third-order valence-electron chi connectivity index (χ3n) is 2.57. The van der Waals surface area contributed by atoms with Crippen LogP contribution in [0.15, 0.2) is 54.6 Å². The Morgan fingerprint density at radius 1 is 0.950 bits per heavy atom. The van der Waals surface area contributed by atoms with Crippen LogP contribution in [-0.4, -0.2) is 18.4 Å². The molecule has 2 N–H and O–H groups in total. The lowest BCUT2D eigenvalue weighted by Crippen LogP contribution is -2.32. The summed E-state index contributed by atoms with van der Waals surface area (Å²) < 4.78 is 0. The molecule has 0 saturated heterocycles. The van der Waals surface area contributed by atoms with Crippen molar-refractivity contribution < 1.29 is 9.59 Å². The van der Waals surface area contributed by atoms with Gasteiger partial charge in [-0.25, -0.2) is 0 Å². The summed E-state index contributed by atoms with van der Waals surface area (Å²) in [6.45, 7) is -0.0870. The Labute approximate surface area is 121 Å². The van der Waals surface area contributed by atoms with E-state index in [4.69, 9.17) is 11.6 Å². The summed E-state index contributed by atoms with van der Waals surface area (Å²) in [7, 11) is 0. The molecule has 0 radical (unpaired) electrons. The molecule has 0 aliphatic rings. The molecule has 0 aliphatic heterocycles. The zero-order valence-corrected chi connectivity index (χ0v) is 11.4. The molecular weight excluding hydrogens is 276 g/mol. The number of rotatable bonds is 4. The summed E-state index contributed by atoms with van der Waals surface area (Å²) in [5.74, 6) is -0.576. The van der Waals surface area contributed by atoms with Crippen molar-refractivity contribution in [2.75, 3.05) is 11.9 Å². The second-order valence-electron chi connectivity index (χ2n) is 4.10. The molecule has 0 heterocycles. The first-order chi connectivity index (χ1) is 9.65. The van der Waals surface area contributed by atoms with Gasteiger partial charge in [0, 0.05) is 16.3 Å². The van der Waals surface area contributed by atoms with Crippen molar-refractivity contribution in [2.24, 2.45) is 0 Å². The van der Waals surface area contributed by atoms with E-state index in [1.54, 1.807) is 48.5 Å². The van der Waals surface area contributed by atoms with Gasteiger partial charge in [0.1, 0.15) is 0 Å². The lowest BCUT2D eigenvalue weighted by atomic mass is 10.2. The molecule has 4 nitrogen and oxygen atoms in total. The smallest absolute Gasteiger partial charge is 0.251 e. The average molecular weight is 289 g/mol. The molecule has 0 spiro atoms. The number of nitrogens with one attached hydrogen (secondary N) is 2. The SMILES string of the molecule is O=C(CNC(=O)c1ccccc1)Nc1ccc(Cl)cc1. The number of hydrogen-bond acceptors (Lipinski definition) is 2. The summed E-state index contributed by atoms with van der Waals surface area (Å²) in [5, 5.41) is 5.81. The minimum absolute atomic E-state index is 0.0870. The Morgan fingerprint density at radius 3 is 2.25 bits per heavy atom. The standard InChI is InChI=1S/C15H13ClN2O2/c16-12-6-8-13(9-7-12)18-14(19)10-17-15(20)11-4-2-1-3-5-11/h1-9H,10H2,(H,17,20)(H,18,19). The first-order valence-corrected chi connectivity index (χ1v) is 6.41. The Balaban J connectivity index is 1.83. The third kappa shape index (κ3) is 4.10. The quantitative estimate of drug-likeness (QED) is 0.909. The van der Waals surface area contributed by atoms with Crippen LogP contribution >= 0.6 is 11.6 Å². The van der Waals surface area contributed by atoms with Crippen LogP contribution in [0.4, 0.5) is 5.69 Å². The summed E-state index contributed by atoms with van der Waals surface area (Å²) in [6.07, 6.45) is 0. The molecule has 0 bridgehead atoms. The highest BCUT2D eigenvalue weighted by Crippen LogP contribution is 2.12. The lowest BCUT2D eigenvalue weighted by Gasteiger charge is -2.07. The minimum Gasteiger partial charge on any atom is -0.343 e. The van der Waals surface area contributed by atoms with Gasteiger partial charge in [0.15, 0.2) is 0 Å². The molecule has 0 atom stereocenters. The first kappa shape index (κ1) is 14.1. The summed E-state index contributed by atoms with van der Waals surface area (Å²) in [4.78, 5) is 23.4. The van der Waals surface area contributed by atoms with Crippen molar-refractivity contribution in [3.63, 3.8) is 0 Å². The highest BCUT2D eigenvalue weighted by molar-refractivity contribution is 6.30. The summed E-state index contributed by atoms with van der Waals surface area (Å²) in [5.41, 5.74) is 1.15. The number of halogens is 1. The van der Waals surface area contributed by atoms with Gasteiger partial charge in [-0.3, -0.25) is 9.59 Å². The lowest BCUT2D eigenvalue weighted by molar-refractivity contribution is -0.115. The van der Waals surface area contributed by atoms with E-state index < -0.39 is 0 Å². The molecule has 0 saturated carbocycles. The van der Waals surface area contributed by atoms with Gasteiger partial charge >= 0.3 is 0 Å². The molecule has 0 unspecified atom stereocenters. The van der Waals surface area contributed by atoms with Crippen LogP contribution in [-0.2, 0) is 4.79 Å². The van der Waals surface area contributed by atoms with Gasteiger partial charge in [-0.1, -0.05) is 29.8 Å². The molecular formula is C15H13ClN2O2. The zero-order valence-electron chi connectivity index (χ0n) is 10.6. The van der Waals surface area contributed by atoms with Crippen LogP contribution in [0.3, 0.4) is 0 Å². The van der Waals surface area contributed by atoms with E-state index in [0.717, 1.165) is 0 Å². The van der Waals surface area contributed by atoms with Gasteiger partial charge in [0.25, 0.3) is 5.91 Å². The van der Waals surface area contributed by atoms with E-state index >= 15 is 0 Å². The molecule has 20 heavy (non-hydrogen) atoms. The maximum absolute atomic E-state index is 11.7. The second kappa shape index (κ2) is 6.73. The predicted octanol–water partition coefficient (Wildman–Crippen LogP) is 2.71. The number of hydrogen-bond donors (Lipinski definition) is 2. The number of anilines is 1. The molecule has 2 rings (SSSR count). The highest BCUT2D eigenvalue weighted by atomic mass is 35.5. The Hall–Kier alpha value is -2.33. The van der Waals surface area contributed by atoms with E-state index in [1.165, 1.54) is 0 Å². The van der Waals surface area contributed by atoms with Crippen molar-refractivity contribution >= 4 is 29.1 Å². The van der Waals surface area contributed by atoms with Gasteiger partial charge in [-0.15, -0.1) is 0 Å². The van der Waals surface area contributed by atoms with Crippen molar-refractivity contribution in [3.8, 4) is 0 Å². The molecule has 2 aromatic rings. The van der Waals surface area contributed by atoms with E-state index in [-0.39, 0.29) is 18.4 Å². The number of carbonyl (C=O) groups is 2. The summed E-state index contributed by atoms with van der Waals surface area (Å²) >= 11 is 5.75. The fourth-order valence-corrected chi connectivity index (χ4v) is 1.72. The van der Waals surface area contributed by atoms with Gasteiger partial charge in [-0.05, 0) is 36.4 Å². The van der Waals surface area contributed by atoms with Crippen LogP contribution in [0.2, 0.25) is 5.02 Å². The molecule has 2 amide bonds. The van der Waals surface area contributed by atoms with E-state index in [2.05, 4.69) is 10.6 Å². The maximum Gasteiger partial charge on any atom is 0.251 e. The molecule has 102 valence electrons. The van der Waals surface area contributed by atoms with Crippen molar-refractivity contribution in [2.45, 2.75) is 0 Å². The minimum atomic E-state index is -0.295. The van der Waals surface area contributed by atoms with Gasteiger partial charge in [-0.2, -0.15) is 0 Å². The first-order valence-electron chi connectivity index (χ1n) is 6.04. The Bertz CT molecular complexity index is 597. The fourth-order valence-electron chi connectivity index (χ4n) is 1.59. The molecule has 2 aromatic carbocycles. The zero-order chi connectivity index (χ0) is 14.4. The predicted molar refractivity (Wildman–Crippen MR) is 78.9 cm³/mol. The molecule has 0 aliphatic carbocycles. The van der Waals surface area contributed by atoms with Crippen molar-refractivity contribution in [1.82, 2.24) is 5.32 Å². The normalized spacial score (nSPS) is 9.85. The third-order valence-corrected chi connectivity index (χ3v) is 2.83. The summed E-state index contributed by atoms with van der Waals surface area (Å²) in [6, 6.07) is 15.5. The average Bonchev–Trinajstić information content (AvgIpc) is 2.48. The van der Waals surface area contributed by atoms with Crippen LogP contribution < -0.4 is 10.6 Å². The van der Waals surface area contributed by atoms with Gasteiger partial charge in [0.05, 0.1) is 6.54 Å². The Morgan fingerprint density at radius 2 is 1.60 bits per heavy atom. The largest absolute Gasteiger partial charge is 0.343 e. The molecule has 0 fully saturated rings. The second-order valence-corrected chi connectivity index (χ2v) is 4.54. The van der Waals surface area contributed by atoms with E-state index in [1.807, 2.05) is 6.07 Å². The van der Waals surface area contributed by atoms with Gasteiger partial charge < -0.3 is 10.6 Å². The number of benzene rings is 2. The van der Waals surface area contributed by atoms with E-state index in [0.29, 0.717) is 16.3 Å². The Kier molecular flexibility index (Phi) is 4.74. The van der Waals surface area contributed by atoms with Crippen LogP contribution in [0.25, 0.3) is 0 Å². The molecule has 5 heteroatoms. The highest BCUT2D eigenvalue weighted by Gasteiger charge is 2.07. The monoisotopic (exact) mass is 288 g/mol. The van der Waals surface area contributed by atoms with Crippen LogP contribution in [0, 0.1) is 0 Å². The number of carbonyl (C=O) groups excluding carboxylic acids is 2. The maximum atomic E-state index is 11.7.